The number of benzene rings is 1. The Hall–Kier alpha value is -0.810. The van der Waals surface area contributed by atoms with Crippen molar-refractivity contribution in [3.8, 4) is 0 Å². The summed E-state index contributed by atoms with van der Waals surface area (Å²) in [6.45, 7) is 2.67. The van der Waals surface area contributed by atoms with Gasteiger partial charge in [0.15, 0.2) is 0 Å². The van der Waals surface area contributed by atoms with Crippen LogP contribution >= 0.6 is 23.2 Å². The summed E-state index contributed by atoms with van der Waals surface area (Å²) in [5.74, 6) is -0.205. The highest BCUT2D eigenvalue weighted by atomic mass is 35.5. The molecule has 0 spiro atoms. The van der Waals surface area contributed by atoms with E-state index >= 15 is 0 Å². The summed E-state index contributed by atoms with van der Waals surface area (Å²) < 4.78 is 5.31. The molecule has 1 unspecified atom stereocenters. The average Bonchev–Trinajstić information content (AvgIpc) is 2.34. The predicted molar refractivity (Wildman–Crippen MR) is 74.2 cm³/mol. The Morgan fingerprint density at radius 3 is 2.83 bits per heavy atom. The van der Waals surface area contributed by atoms with Gasteiger partial charge in [0.1, 0.15) is 0 Å². The smallest absolute Gasteiger partial charge is 0.227 e. The van der Waals surface area contributed by atoms with Gasteiger partial charge in [-0.05, 0) is 19.1 Å². The summed E-state index contributed by atoms with van der Waals surface area (Å²) in [5.41, 5.74) is 5.99. The zero-order chi connectivity index (χ0) is 13.5. The van der Waals surface area contributed by atoms with Crippen LogP contribution in [0.2, 0.25) is 10.0 Å². The number of amides is 1. The number of nitrogens with one attached hydrogen (secondary N) is 1. The van der Waals surface area contributed by atoms with Crippen molar-refractivity contribution in [2.24, 2.45) is 5.73 Å². The number of ether oxygens (including phenoxy) is 1. The molecule has 6 heteroatoms. The lowest BCUT2D eigenvalue weighted by Crippen LogP contribution is -2.29. The summed E-state index contributed by atoms with van der Waals surface area (Å²) in [5, 5.41) is 3.41. The molecule has 18 heavy (non-hydrogen) atoms. The molecule has 0 saturated heterocycles. The molecule has 0 heterocycles. The van der Waals surface area contributed by atoms with Crippen LogP contribution in [0.4, 0.5) is 5.69 Å². The highest BCUT2D eigenvalue weighted by molar-refractivity contribution is 6.43. The highest BCUT2D eigenvalue weighted by Gasteiger charge is 2.14. The first-order chi connectivity index (χ1) is 8.58. The van der Waals surface area contributed by atoms with Crippen LogP contribution in [0.25, 0.3) is 0 Å². The van der Waals surface area contributed by atoms with Crippen LogP contribution in [-0.2, 0) is 9.53 Å². The largest absolute Gasteiger partial charge is 0.377 e. The summed E-state index contributed by atoms with van der Waals surface area (Å²) in [6.07, 6.45) is -0.0966. The maximum absolute atomic E-state index is 11.8. The van der Waals surface area contributed by atoms with Crippen molar-refractivity contribution in [2.75, 3.05) is 18.5 Å². The molecule has 0 aliphatic rings. The average molecular weight is 291 g/mol. The van der Waals surface area contributed by atoms with Crippen molar-refractivity contribution in [3.05, 3.63) is 28.2 Å². The number of rotatable bonds is 6. The minimum absolute atomic E-state index is 0.188. The lowest BCUT2D eigenvalue weighted by molar-refractivity contribution is -0.118. The quantitative estimate of drug-likeness (QED) is 0.847. The number of halogens is 2. The van der Waals surface area contributed by atoms with E-state index in [0.717, 1.165) is 0 Å². The Kier molecular flexibility index (Phi) is 6.43. The fourth-order valence-corrected chi connectivity index (χ4v) is 1.80. The predicted octanol–water partition coefficient (Wildman–Crippen LogP) is 2.69. The van der Waals surface area contributed by atoms with E-state index in [1.165, 1.54) is 0 Å². The molecule has 1 amide bonds. The second kappa shape index (κ2) is 7.59. The van der Waals surface area contributed by atoms with E-state index < -0.39 is 0 Å². The van der Waals surface area contributed by atoms with E-state index in [9.17, 15) is 4.79 Å². The van der Waals surface area contributed by atoms with E-state index in [1.54, 1.807) is 18.2 Å². The van der Waals surface area contributed by atoms with Gasteiger partial charge >= 0.3 is 0 Å². The molecular weight excluding hydrogens is 275 g/mol. The molecule has 1 aromatic carbocycles. The molecular formula is C12H16Cl2N2O2. The fraction of sp³-hybridized carbons (Fsp3) is 0.417. The number of hydrogen-bond donors (Lipinski definition) is 2. The number of hydrogen-bond acceptors (Lipinski definition) is 3. The van der Waals surface area contributed by atoms with Gasteiger partial charge in [-0.15, -0.1) is 0 Å². The maximum Gasteiger partial charge on any atom is 0.227 e. The van der Waals surface area contributed by atoms with E-state index in [0.29, 0.717) is 28.9 Å². The summed E-state index contributed by atoms with van der Waals surface area (Å²) >= 11 is 11.8. The second-order valence-corrected chi connectivity index (χ2v) is 4.45. The van der Waals surface area contributed by atoms with Gasteiger partial charge in [-0.1, -0.05) is 29.3 Å². The van der Waals surface area contributed by atoms with Crippen molar-refractivity contribution in [1.29, 1.82) is 0 Å². The van der Waals surface area contributed by atoms with Gasteiger partial charge in [0, 0.05) is 13.2 Å². The zero-order valence-corrected chi connectivity index (χ0v) is 11.6. The molecule has 0 aliphatic heterocycles. The van der Waals surface area contributed by atoms with Crippen LogP contribution in [0.3, 0.4) is 0 Å². The molecule has 0 radical (unpaired) electrons. The number of nitrogens with two attached hydrogens (primary N) is 1. The molecule has 1 rings (SSSR count). The van der Waals surface area contributed by atoms with Crippen LogP contribution in [0.15, 0.2) is 18.2 Å². The van der Waals surface area contributed by atoms with Crippen LogP contribution in [0, 0.1) is 0 Å². The van der Waals surface area contributed by atoms with Gasteiger partial charge in [-0.3, -0.25) is 4.79 Å². The number of carbonyl (C=O) groups is 1. The van der Waals surface area contributed by atoms with E-state index in [-0.39, 0.29) is 18.4 Å². The van der Waals surface area contributed by atoms with Crippen molar-refractivity contribution >= 4 is 34.8 Å². The Morgan fingerprint density at radius 2 is 2.22 bits per heavy atom. The third-order valence-corrected chi connectivity index (χ3v) is 3.12. The van der Waals surface area contributed by atoms with Gasteiger partial charge in [0.2, 0.25) is 5.91 Å². The normalized spacial score (nSPS) is 12.2. The summed E-state index contributed by atoms with van der Waals surface area (Å²) in [7, 11) is 0. The molecule has 0 saturated carbocycles. The van der Waals surface area contributed by atoms with Gasteiger partial charge in [-0.25, -0.2) is 0 Å². The first-order valence-corrected chi connectivity index (χ1v) is 6.39. The van der Waals surface area contributed by atoms with Crippen molar-refractivity contribution in [2.45, 2.75) is 19.4 Å². The third-order valence-electron chi connectivity index (χ3n) is 2.30. The van der Waals surface area contributed by atoms with Gasteiger partial charge in [0.05, 0.1) is 28.3 Å². The molecule has 0 bridgehead atoms. The third kappa shape index (κ3) is 4.46. The molecule has 0 fully saturated rings. The minimum atomic E-state index is -0.284. The SMILES string of the molecule is CCOC(CN)CC(=O)Nc1cccc(Cl)c1Cl. The van der Waals surface area contributed by atoms with Crippen LogP contribution in [0.5, 0.6) is 0 Å². The first kappa shape index (κ1) is 15.2. The van der Waals surface area contributed by atoms with Crippen molar-refractivity contribution in [3.63, 3.8) is 0 Å². The Bertz CT molecular complexity index is 413. The van der Waals surface area contributed by atoms with E-state index in [2.05, 4.69) is 5.32 Å². The fourth-order valence-electron chi connectivity index (χ4n) is 1.45. The van der Waals surface area contributed by atoms with Gasteiger partial charge in [0.25, 0.3) is 0 Å². The van der Waals surface area contributed by atoms with Crippen LogP contribution < -0.4 is 11.1 Å². The van der Waals surface area contributed by atoms with E-state index in [4.69, 9.17) is 33.7 Å². The minimum Gasteiger partial charge on any atom is -0.377 e. The Morgan fingerprint density at radius 1 is 1.50 bits per heavy atom. The second-order valence-electron chi connectivity index (χ2n) is 3.67. The van der Waals surface area contributed by atoms with Crippen LogP contribution in [0.1, 0.15) is 13.3 Å². The van der Waals surface area contributed by atoms with Crippen molar-refractivity contribution in [1.82, 2.24) is 0 Å². The van der Waals surface area contributed by atoms with Gasteiger partial charge in [-0.2, -0.15) is 0 Å². The molecule has 1 atom stereocenters. The van der Waals surface area contributed by atoms with Gasteiger partial charge < -0.3 is 15.8 Å². The molecule has 4 nitrogen and oxygen atoms in total. The van der Waals surface area contributed by atoms with Crippen LogP contribution in [-0.4, -0.2) is 25.2 Å². The molecule has 0 aliphatic carbocycles. The van der Waals surface area contributed by atoms with Crippen molar-refractivity contribution < 1.29 is 9.53 Å². The lowest BCUT2D eigenvalue weighted by atomic mass is 10.2. The Labute approximate surface area is 116 Å². The lowest BCUT2D eigenvalue weighted by Gasteiger charge is -2.15. The maximum atomic E-state index is 11.8. The molecule has 100 valence electrons. The Balaban J connectivity index is 2.61. The monoisotopic (exact) mass is 290 g/mol. The summed E-state index contributed by atoms with van der Waals surface area (Å²) in [4.78, 5) is 11.8. The number of anilines is 1. The molecule has 1 aromatic rings. The standard InChI is InChI=1S/C12H16Cl2N2O2/c1-2-18-8(7-15)6-11(17)16-10-5-3-4-9(13)12(10)14/h3-5,8H,2,6-7,15H2,1H3,(H,16,17). The van der Waals surface area contributed by atoms with E-state index in [1.807, 2.05) is 6.92 Å². The first-order valence-electron chi connectivity index (χ1n) is 5.64. The molecule has 0 aromatic heterocycles. The topological polar surface area (TPSA) is 64.3 Å². The molecule has 3 N–H and O–H groups in total. The summed E-state index contributed by atoms with van der Waals surface area (Å²) in [6, 6.07) is 5.06. The zero-order valence-electron chi connectivity index (χ0n) is 10.1. The number of carbonyl (C=O) groups excluding carboxylic acids is 1. The highest BCUT2D eigenvalue weighted by Crippen LogP contribution is 2.29.